The number of H-pyrrole nitrogens is 2. The van der Waals surface area contributed by atoms with Crippen LogP contribution in [0.15, 0.2) is 60.9 Å². The van der Waals surface area contributed by atoms with Gasteiger partial charge in [0.15, 0.2) is 0 Å². The van der Waals surface area contributed by atoms with E-state index >= 15 is 0 Å². The number of hydrogen-bond donors (Lipinski definition) is 4. The number of alkyl carbamates (subject to hydrolysis) is 1. The molecule has 8 atom stereocenters. The summed E-state index contributed by atoms with van der Waals surface area (Å²) in [4.78, 5) is 44.1. The van der Waals surface area contributed by atoms with Gasteiger partial charge in [0.05, 0.1) is 43.0 Å². The average Bonchev–Trinajstić information content (AvgIpc) is 3.58. The number of methoxy groups -OCH3 is 1. The van der Waals surface area contributed by atoms with Gasteiger partial charge in [-0.05, 0) is 65.2 Å². The van der Waals surface area contributed by atoms with E-state index in [2.05, 4.69) is 81.0 Å². The molecule has 8 rings (SSSR count). The van der Waals surface area contributed by atoms with Crippen molar-refractivity contribution >= 4 is 12.0 Å². The van der Waals surface area contributed by atoms with Crippen LogP contribution in [-0.4, -0.2) is 62.1 Å². The number of likely N-dealkylation sites (tertiary alicyclic amines) is 1. The summed E-state index contributed by atoms with van der Waals surface area (Å²) < 4.78 is 4.78. The van der Waals surface area contributed by atoms with Crippen LogP contribution in [0.5, 0.6) is 0 Å². The van der Waals surface area contributed by atoms with Crippen molar-refractivity contribution in [3.8, 4) is 33.6 Å². The smallest absolute Gasteiger partial charge is 0.407 e. The van der Waals surface area contributed by atoms with E-state index in [-0.39, 0.29) is 23.9 Å². The Hall–Kier alpha value is -4.44. The Bertz CT molecular complexity index is 1750. The number of piperidine rings is 2. The average molecular weight is 620 g/mol. The number of aromatic nitrogens is 4. The van der Waals surface area contributed by atoms with Crippen LogP contribution in [0, 0.1) is 23.7 Å². The molecule has 10 nitrogen and oxygen atoms in total. The zero-order chi connectivity index (χ0) is 31.7. The van der Waals surface area contributed by atoms with Crippen LogP contribution in [0.25, 0.3) is 33.6 Å². The summed E-state index contributed by atoms with van der Waals surface area (Å²) in [6.45, 7) is 6.19. The third-order valence-corrected chi connectivity index (χ3v) is 10.8. The Kier molecular flexibility index (Phi) is 7.01. The number of aromatic amines is 2. The fourth-order valence-electron chi connectivity index (χ4n) is 7.82. The molecule has 0 bridgehead atoms. The van der Waals surface area contributed by atoms with Gasteiger partial charge < -0.3 is 30.2 Å². The van der Waals surface area contributed by atoms with Crippen molar-refractivity contribution in [2.45, 2.75) is 70.2 Å². The number of imidazole rings is 2. The molecule has 4 fully saturated rings. The number of amides is 2. The Labute approximate surface area is 268 Å². The summed E-state index contributed by atoms with van der Waals surface area (Å²) in [6.07, 6.45) is 6.24. The van der Waals surface area contributed by atoms with Crippen molar-refractivity contribution in [1.29, 1.82) is 0 Å². The van der Waals surface area contributed by atoms with Crippen LogP contribution in [0.4, 0.5) is 4.79 Å². The molecular formula is C36H41N7O3. The van der Waals surface area contributed by atoms with Gasteiger partial charge in [0, 0.05) is 12.1 Å². The molecule has 0 radical (unpaired) electrons. The number of carbonyl (C=O) groups excluding carboxylic acids is 2. The number of hydrogen-bond acceptors (Lipinski definition) is 6. The van der Waals surface area contributed by atoms with Crippen LogP contribution >= 0.6 is 0 Å². The zero-order valence-electron chi connectivity index (χ0n) is 26.7. The second-order valence-electron chi connectivity index (χ2n) is 13.9. The van der Waals surface area contributed by atoms with E-state index in [1.54, 1.807) is 0 Å². The summed E-state index contributed by atoms with van der Waals surface area (Å²) in [5, 5.41) is 6.45. The first kappa shape index (κ1) is 29.0. The van der Waals surface area contributed by atoms with Crippen LogP contribution in [-0.2, 0) is 9.53 Å². The third kappa shape index (κ3) is 5.08. The summed E-state index contributed by atoms with van der Waals surface area (Å²) >= 11 is 0. The van der Waals surface area contributed by atoms with Gasteiger partial charge in [-0.3, -0.25) is 4.79 Å². The van der Waals surface area contributed by atoms with E-state index in [4.69, 9.17) is 9.72 Å². The van der Waals surface area contributed by atoms with Crippen molar-refractivity contribution < 1.29 is 14.3 Å². The van der Waals surface area contributed by atoms with E-state index in [1.807, 2.05) is 31.1 Å². The molecule has 0 spiro atoms. The van der Waals surface area contributed by atoms with Crippen LogP contribution in [0.2, 0.25) is 0 Å². The van der Waals surface area contributed by atoms with Crippen molar-refractivity contribution in [3.05, 3.63) is 72.6 Å². The second kappa shape index (κ2) is 11.1. The summed E-state index contributed by atoms with van der Waals surface area (Å²) in [7, 11) is 1.31. The maximum atomic E-state index is 13.7. The lowest BCUT2D eigenvalue weighted by atomic mass is 10.0. The summed E-state index contributed by atoms with van der Waals surface area (Å²) in [5.74, 6) is 3.76. The highest BCUT2D eigenvalue weighted by atomic mass is 16.5. The van der Waals surface area contributed by atoms with Crippen molar-refractivity contribution in [1.82, 2.24) is 35.5 Å². The Morgan fingerprint density at radius 1 is 0.870 bits per heavy atom. The molecule has 4 aliphatic rings. The predicted octanol–water partition coefficient (Wildman–Crippen LogP) is 5.85. The maximum Gasteiger partial charge on any atom is 0.407 e. The van der Waals surface area contributed by atoms with E-state index in [0.29, 0.717) is 18.0 Å². The van der Waals surface area contributed by atoms with E-state index < -0.39 is 12.1 Å². The largest absolute Gasteiger partial charge is 0.453 e. The molecule has 0 unspecified atom stereocenters. The molecule has 2 aliphatic heterocycles. The van der Waals surface area contributed by atoms with Gasteiger partial charge in [-0.25, -0.2) is 14.8 Å². The normalized spacial score (nSPS) is 28.1. The Balaban J connectivity index is 0.941. The molecule has 46 heavy (non-hydrogen) atoms. The maximum absolute atomic E-state index is 13.7. The highest BCUT2D eigenvalue weighted by Crippen LogP contribution is 2.53. The fraction of sp³-hybridized carbons (Fsp3) is 0.444. The molecule has 2 amide bonds. The summed E-state index contributed by atoms with van der Waals surface area (Å²) in [6, 6.07) is 17.5. The third-order valence-electron chi connectivity index (χ3n) is 10.8. The van der Waals surface area contributed by atoms with Gasteiger partial charge in [-0.15, -0.1) is 0 Å². The molecule has 238 valence electrons. The summed E-state index contributed by atoms with van der Waals surface area (Å²) in [5.41, 5.74) is 6.39. The number of ether oxygens (including phenoxy) is 1. The first-order valence-electron chi connectivity index (χ1n) is 16.5. The highest BCUT2D eigenvalue weighted by molar-refractivity contribution is 5.87. The first-order chi connectivity index (χ1) is 22.3. The van der Waals surface area contributed by atoms with Crippen molar-refractivity contribution in [2.24, 2.45) is 23.7 Å². The predicted molar refractivity (Wildman–Crippen MR) is 174 cm³/mol. The number of carbonyl (C=O) groups is 2. The molecule has 2 aromatic carbocycles. The van der Waals surface area contributed by atoms with E-state index in [9.17, 15) is 9.59 Å². The molecular weight excluding hydrogens is 578 g/mol. The number of benzene rings is 2. The fourth-order valence-corrected chi connectivity index (χ4v) is 7.82. The second-order valence-corrected chi connectivity index (χ2v) is 13.9. The van der Waals surface area contributed by atoms with Gasteiger partial charge in [-0.1, -0.05) is 69.3 Å². The molecule has 2 saturated heterocycles. The number of fused-ring (bicyclic) bond motifs is 2. The van der Waals surface area contributed by atoms with Gasteiger partial charge in [0.25, 0.3) is 0 Å². The minimum Gasteiger partial charge on any atom is -0.453 e. The van der Waals surface area contributed by atoms with Crippen LogP contribution in [0.3, 0.4) is 0 Å². The first-order valence-corrected chi connectivity index (χ1v) is 16.5. The highest BCUT2D eigenvalue weighted by Gasteiger charge is 2.56. The van der Waals surface area contributed by atoms with Gasteiger partial charge in [0.2, 0.25) is 5.91 Å². The zero-order valence-corrected chi connectivity index (χ0v) is 26.7. The van der Waals surface area contributed by atoms with E-state index in [0.717, 1.165) is 70.0 Å². The quantitative estimate of drug-likeness (QED) is 0.196. The monoisotopic (exact) mass is 619 g/mol. The van der Waals surface area contributed by atoms with Gasteiger partial charge in [0.1, 0.15) is 17.7 Å². The number of nitrogens with one attached hydrogen (secondary N) is 4. The lowest BCUT2D eigenvalue weighted by molar-refractivity contribution is -0.136. The molecule has 2 aliphatic carbocycles. The molecule has 4 heterocycles. The minimum absolute atomic E-state index is 0.0705. The topological polar surface area (TPSA) is 128 Å². The standard InChI is InChI=1S/C36H41N7O3/c1-18(2)31(42-36(45)46-4)35(44)43-29-13-24(29)14-30(43)34-38-17-28(41-34)23-11-7-21(8-12-23)20-5-9-22(10-6-20)27-16-37-33(40-27)26-15-25-19(3)32(25)39-26/h5-12,16-19,24-26,29-32,39H,13-15H2,1-4H3,(H,37,40)(H,38,41)(H,42,45)/t19-,24-,25+,26+,29-,30+,31+,32-/m1/s1. The lowest BCUT2D eigenvalue weighted by Gasteiger charge is -2.31. The van der Waals surface area contributed by atoms with Crippen molar-refractivity contribution in [3.63, 3.8) is 0 Å². The SMILES string of the molecule is COC(=O)N[C@H](C(=O)N1[C@@H]2C[C@@H]2C[C@H]1c1ncc(-c2ccc(-c3ccc(-c4cnc([C@@H]5C[C@H]6[C@@H](C)[C@H]6N5)[nH]4)cc3)cc2)[nH]1)C(C)C. The molecule has 10 heteroatoms. The molecule has 2 aromatic heterocycles. The van der Waals surface area contributed by atoms with Gasteiger partial charge in [-0.2, -0.15) is 0 Å². The lowest BCUT2D eigenvalue weighted by Crippen LogP contribution is -2.52. The Morgan fingerprint density at radius 2 is 1.46 bits per heavy atom. The molecule has 4 aromatic rings. The van der Waals surface area contributed by atoms with Gasteiger partial charge >= 0.3 is 6.09 Å². The number of nitrogens with zero attached hydrogens (tertiary/aromatic N) is 3. The molecule has 2 saturated carbocycles. The van der Waals surface area contributed by atoms with Crippen LogP contribution < -0.4 is 10.6 Å². The minimum atomic E-state index is -0.647. The molecule has 4 N–H and O–H groups in total. The Morgan fingerprint density at radius 3 is 2.02 bits per heavy atom. The van der Waals surface area contributed by atoms with Crippen molar-refractivity contribution in [2.75, 3.05) is 7.11 Å². The number of rotatable bonds is 8. The van der Waals surface area contributed by atoms with E-state index in [1.165, 1.54) is 13.5 Å². The van der Waals surface area contributed by atoms with Crippen LogP contribution in [0.1, 0.15) is 63.8 Å².